The lowest BCUT2D eigenvalue weighted by molar-refractivity contribution is -0.137. The summed E-state index contributed by atoms with van der Waals surface area (Å²) in [7, 11) is 1.57. The van der Waals surface area contributed by atoms with Crippen LogP contribution in [-0.4, -0.2) is 34.5 Å². The number of hydrogen-bond acceptors (Lipinski definition) is 6. The van der Waals surface area contributed by atoms with E-state index in [1.54, 1.807) is 13.2 Å². The van der Waals surface area contributed by atoms with Crippen LogP contribution in [0.1, 0.15) is 17.4 Å². The predicted octanol–water partition coefficient (Wildman–Crippen LogP) is 3.07. The molecule has 1 heterocycles. The molecule has 0 atom stereocenters. The first-order valence-electron chi connectivity index (χ1n) is 6.89. The van der Waals surface area contributed by atoms with Crippen LogP contribution in [0.5, 0.6) is 17.4 Å². The summed E-state index contributed by atoms with van der Waals surface area (Å²) < 4.78 is 12.3. The molecule has 1 aromatic carbocycles. The zero-order valence-corrected chi connectivity index (χ0v) is 14.4. The van der Waals surface area contributed by atoms with E-state index >= 15 is 0 Å². The van der Waals surface area contributed by atoms with E-state index in [1.165, 1.54) is 15.9 Å². The highest BCUT2D eigenvalue weighted by molar-refractivity contribution is 7.73. The standard InChI is InChI=1S/C15H17NO5S2/c1-3-21-11-6-9(4-5-10(11)20-2)7-12-14(19)16(8-13(17)18)15(22)23-12/h4-6,19H,3,7-8H2,1-2H3,(H,17,18). The summed E-state index contributed by atoms with van der Waals surface area (Å²) in [6.07, 6.45) is 0.427. The number of aliphatic carboxylic acids is 1. The summed E-state index contributed by atoms with van der Waals surface area (Å²) in [5.41, 5.74) is 0.906. The minimum absolute atomic E-state index is 0.101. The van der Waals surface area contributed by atoms with Crippen molar-refractivity contribution in [1.29, 1.82) is 0 Å². The number of nitrogens with zero attached hydrogens (tertiary/aromatic N) is 1. The van der Waals surface area contributed by atoms with Gasteiger partial charge in [-0.3, -0.25) is 9.36 Å². The minimum atomic E-state index is -1.05. The fraction of sp³-hybridized carbons (Fsp3) is 0.333. The molecule has 0 spiro atoms. The summed E-state index contributed by atoms with van der Waals surface area (Å²) in [6.45, 7) is 2.04. The molecule has 0 amide bonds. The van der Waals surface area contributed by atoms with Gasteiger partial charge in [-0.2, -0.15) is 0 Å². The Morgan fingerprint density at radius 2 is 2.13 bits per heavy atom. The number of hydrogen-bond donors (Lipinski definition) is 2. The lowest BCUT2D eigenvalue weighted by Crippen LogP contribution is -2.08. The molecule has 0 fully saturated rings. The lowest BCUT2D eigenvalue weighted by Gasteiger charge is -2.11. The van der Waals surface area contributed by atoms with Gasteiger partial charge in [0, 0.05) is 6.42 Å². The Morgan fingerprint density at radius 1 is 1.39 bits per heavy atom. The number of carbonyl (C=O) groups is 1. The van der Waals surface area contributed by atoms with Crippen LogP contribution in [0.25, 0.3) is 0 Å². The van der Waals surface area contributed by atoms with Crippen LogP contribution in [0.15, 0.2) is 18.2 Å². The first-order valence-corrected chi connectivity index (χ1v) is 8.11. The Labute approximate surface area is 142 Å². The highest BCUT2D eigenvalue weighted by atomic mass is 32.1. The van der Waals surface area contributed by atoms with Gasteiger partial charge in [0.2, 0.25) is 5.88 Å². The molecular formula is C15H17NO5S2. The topological polar surface area (TPSA) is 80.9 Å². The normalized spacial score (nSPS) is 10.5. The largest absolute Gasteiger partial charge is 0.494 e. The number of carboxylic acid groups (broad SMARTS) is 1. The number of rotatable bonds is 7. The summed E-state index contributed by atoms with van der Waals surface area (Å²) in [5, 5.41) is 19.0. The van der Waals surface area contributed by atoms with Gasteiger partial charge in [-0.1, -0.05) is 6.07 Å². The van der Waals surface area contributed by atoms with Crippen molar-refractivity contribution in [3.63, 3.8) is 0 Å². The molecule has 0 aliphatic carbocycles. The summed E-state index contributed by atoms with van der Waals surface area (Å²) in [6, 6.07) is 5.50. The summed E-state index contributed by atoms with van der Waals surface area (Å²) in [5.74, 6) is 0.108. The van der Waals surface area contributed by atoms with Gasteiger partial charge in [0.1, 0.15) is 6.54 Å². The van der Waals surface area contributed by atoms with E-state index in [4.69, 9.17) is 26.8 Å². The molecule has 0 saturated carbocycles. The first kappa shape index (κ1) is 17.3. The third-order valence-corrected chi connectivity index (χ3v) is 4.56. The van der Waals surface area contributed by atoms with Gasteiger partial charge >= 0.3 is 5.97 Å². The maximum Gasteiger partial charge on any atom is 0.323 e. The fourth-order valence-corrected chi connectivity index (χ4v) is 3.48. The molecule has 0 bridgehead atoms. The highest BCUT2D eigenvalue weighted by Gasteiger charge is 2.15. The van der Waals surface area contributed by atoms with E-state index in [1.807, 2.05) is 19.1 Å². The number of benzene rings is 1. The second-order valence-electron chi connectivity index (χ2n) is 4.69. The Kier molecular flexibility index (Phi) is 5.62. The van der Waals surface area contributed by atoms with Crippen LogP contribution < -0.4 is 9.47 Å². The van der Waals surface area contributed by atoms with Crippen LogP contribution >= 0.6 is 23.6 Å². The van der Waals surface area contributed by atoms with Gasteiger partial charge in [0.25, 0.3) is 0 Å². The van der Waals surface area contributed by atoms with Crippen molar-refractivity contribution in [3.8, 4) is 17.4 Å². The Balaban J connectivity index is 2.31. The number of methoxy groups -OCH3 is 1. The van der Waals surface area contributed by atoms with Crippen molar-refractivity contribution < 1.29 is 24.5 Å². The van der Waals surface area contributed by atoms with E-state index in [0.717, 1.165) is 5.56 Å². The molecule has 6 nitrogen and oxygen atoms in total. The van der Waals surface area contributed by atoms with Gasteiger partial charge in [-0.05, 0) is 36.8 Å². The van der Waals surface area contributed by atoms with Crippen molar-refractivity contribution in [1.82, 2.24) is 4.57 Å². The molecule has 8 heteroatoms. The predicted molar refractivity (Wildman–Crippen MR) is 89.4 cm³/mol. The van der Waals surface area contributed by atoms with Crippen molar-refractivity contribution in [2.24, 2.45) is 0 Å². The molecule has 0 saturated heterocycles. The summed E-state index contributed by atoms with van der Waals surface area (Å²) >= 11 is 6.31. The number of carboxylic acids is 1. The molecule has 124 valence electrons. The van der Waals surface area contributed by atoms with E-state index in [9.17, 15) is 9.90 Å². The zero-order chi connectivity index (χ0) is 17.0. The van der Waals surface area contributed by atoms with Gasteiger partial charge in [0.15, 0.2) is 15.5 Å². The van der Waals surface area contributed by atoms with Crippen LogP contribution in [0.4, 0.5) is 0 Å². The van der Waals surface area contributed by atoms with E-state index < -0.39 is 5.97 Å². The monoisotopic (exact) mass is 355 g/mol. The zero-order valence-electron chi connectivity index (χ0n) is 12.7. The van der Waals surface area contributed by atoms with E-state index in [-0.39, 0.29) is 12.4 Å². The fourth-order valence-electron chi connectivity index (χ4n) is 2.12. The van der Waals surface area contributed by atoms with E-state index in [0.29, 0.717) is 33.4 Å². The molecular weight excluding hydrogens is 338 g/mol. The lowest BCUT2D eigenvalue weighted by atomic mass is 10.1. The maximum absolute atomic E-state index is 10.8. The van der Waals surface area contributed by atoms with Gasteiger partial charge in [-0.25, -0.2) is 0 Å². The van der Waals surface area contributed by atoms with Gasteiger partial charge in [-0.15, -0.1) is 11.3 Å². The summed E-state index contributed by atoms with van der Waals surface area (Å²) in [4.78, 5) is 11.4. The quantitative estimate of drug-likeness (QED) is 0.743. The molecule has 0 unspecified atom stereocenters. The highest BCUT2D eigenvalue weighted by Crippen LogP contribution is 2.32. The third-order valence-electron chi connectivity index (χ3n) is 3.12. The third kappa shape index (κ3) is 4.02. The smallest absolute Gasteiger partial charge is 0.323 e. The number of aromatic nitrogens is 1. The van der Waals surface area contributed by atoms with Crippen LogP contribution in [0, 0.1) is 3.95 Å². The number of aromatic hydroxyl groups is 1. The van der Waals surface area contributed by atoms with Crippen molar-refractivity contribution in [2.75, 3.05) is 13.7 Å². The Morgan fingerprint density at radius 3 is 2.74 bits per heavy atom. The van der Waals surface area contributed by atoms with Crippen molar-refractivity contribution in [2.45, 2.75) is 19.9 Å². The average molecular weight is 355 g/mol. The van der Waals surface area contributed by atoms with Crippen molar-refractivity contribution >= 4 is 29.5 Å². The second-order valence-corrected chi connectivity index (χ2v) is 6.42. The molecule has 23 heavy (non-hydrogen) atoms. The maximum atomic E-state index is 10.8. The van der Waals surface area contributed by atoms with Gasteiger partial charge < -0.3 is 19.7 Å². The number of thiazole rings is 1. The van der Waals surface area contributed by atoms with E-state index in [2.05, 4.69) is 0 Å². The molecule has 2 rings (SSSR count). The minimum Gasteiger partial charge on any atom is -0.494 e. The van der Waals surface area contributed by atoms with Crippen LogP contribution in [-0.2, 0) is 17.8 Å². The molecule has 2 aromatic rings. The Bertz CT molecular complexity index is 766. The second kappa shape index (κ2) is 7.47. The van der Waals surface area contributed by atoms with Gasteiger partial charge in [0.05, 0.1) is 18.6 Å². The van der Waals surface area contributed by atoms with Crippen molar-refractivity contribution in [3.05, 3.63) is 32.6 Å². The number of ether oxygens (including phenoxy) is 2. The first-order chi connectivity index (χ1) is 11.0. The molecule has 0 radical (unpaired) electrons. The molecule has 1 aromatic heterocycles. The molecule has 2 N–H and O–H groups in total. The Hall–Kier alpha value is -2.06. The van der Waals surface area contributed by atoms with Crippen LogP contribution in [0.3, 0.4) is 0 Å². The molecule has 0 aliphatic rings. The SMILES string of the molecule is CCOc1cc(Cc2sc(=S)n(CC(=O)O)c2O)ccc1OC. The van der Waals surface area contributed by atoms with Crippen LogP contribution in [0.2, 0.25) is 0 Å². The molecule has 0 aliphatic heterocycles. The average Bonchev–Trinajstić information content (AvgIpc) is 2.75.